The van der Waals surface area contributed by atoms with Gasteiger partial charge >= 0.3 is 0 Å². The van der Waals surface area contributed by atoms with Gasteiger partial charge in [0.25, 0.3) is 3.92 Å². The zero-order valence-electron chi connectivity index (χ0n) is 18.4. The molecule has 36 heavy (non-hydrogen) atoms. The predicted octanol–water partition coefficient (Wildman–Crippen LogP) is 9.79. The molecule has 0 saturated heterocycles. The molecule has 4 nitrogen and oxygen atoms in total. The van der Waals surface area contributed by atoms with Crippen molar-refractivity contribution < 1.29 is 0 Å². The summed E-state index contributed by atoms with van der Waals surface area (Å²) in [6.45, 7) is 0. The molecule has 0 amide bonds. The van der Waals surface area contributed by atoms with Crippen LogP contribution in [0.25, 0.3) is 34.2 Å². The van der Waals surface area contributed by atoms with Crippen molar-refractivity contribution in [3.8, 4) is 11.3 Å². The molecule has 0 radical (unpaired) electrons. The summed E-state index contributed by atoms with van der Waals surface area (Å²) in [6.07, 6.45) is 7.34. The molecule has 0 fully saturated rings. The Labute approximate surface area is 249 Å². The third-order valence-corrected chi connectivity index (χ3v) is 6.62. The van der Waals surface area contributed by atoms with E-state index in [9.17, 15) is 0 Å². The lowest BCUT2D eigenvalue weighted by Crippen LogP contribution is -2.12. The van der Waals surface area contributed by atoms with Gasteiger partial charge in [-0.1, -0.05) is 108 Å². The van der Waals surface area contributed by atoms with Gasteiger partial charge < -0.3 is 0 Å². The Balaban J connectivity index is 0.000000170. The zero-order valence-corrected chi connectivity index (χ0v) is 25.5. The van der Waals surface area contributed by atoms with Crippen LogP contribution >= 0.6 is 82.6 Å². The largest absolute Gasteiger partial charge is 0.286 e. The second-order valence-electron chi connectivity index (χ2n) is 7.57. The van der Waals surface area contributed by atoms with E-state index in [1.165, 1.54) is 15.5 Å². The van der Waals surface area contributed by atoms with Crippen molar-refractivity contribution >= 4 is 106 Å². The Morgan fingerprint density at radius 1 is 0.667 bits per heavy atom. The number of hydrogen-bond acceptors (Lipinski definition) is 2. The Hall–Kier alpha value is -1.61. The number of rotatable bonds is 3. The number of fused-ring (bicyclic) bond motifs is 1. The van der Waals surface area contributed by atoms with Gasteiger partial charge in [-0.2, -0.15) is 10.2 Å². The lowest BCUT2D eigenvalue weighted by atomic mass is 10.1. The van der Waals surface area contributed by atoms with Crippen LogP contribution in [-0.4, -0.2) is 19.6 Å². The van der Waals surface area contributed by atoms with Crippen molar-refractivity contribution in [1.29, 1.82) is 0 Å². The summed E-state index contributed by atoms with van der Waals surface area (Å²) >= 11 is 27.4. The molecule has 2 heterocycles. The average molecular weight is 733 g/mol. The van der Waals surface area contributed by atoms with Crippen molar-refractivity contribution in [2.45, 2.75) is 6.18 Å². The van der Waals surface area contributed by atoms with E-state index in [0.717, 1.165) is 22.5 Å². The smallest absolute Gasteiger partial charge is 0.234 e. The van der Waals surface area contributed by atoms with Gasteiger partial charge in [-0.25, -0.2) is 9.36 Å². The first-order valence-electron chi connectivity index (χ1n) is 10.6. The second kappa shape index (κ2) is 11.8. The molecule has 5 rings (SSSR count). The fourth-order valence-electron chi connectivity index (χ4n) is 3.28. The van der Waals surface area contributed by atoms with Crippen molar-refractivity contribution in [2.75, 3.05) is 0 Å². The van der Waals surface area contributed by atoms with Crippen LogP contribution in [0.4, 0.5) is 0 Å². The lowest BCUT2D eigenvalue weighted by molar-refractivity contribution is 0.672. The van der Waals surface area contributed by atoms with Crippen LogP contribution in [0.15, 0.2) is 97.3 Å². The van der Waals surface area contributed by atoms with Crippen LogP contribution in [-0.2, 0) is 6.18 Å². The number of aromatic nitrogens is 4. The maximum Gasteiger partial charge on any atom is 0.286 e. The van der Waals surface area contributed by atoms with Gasteiger partial charge in [0.2, 0.25) is 2.27 Å². The normalized spacial score (nSPS) is 12.1. The van der Waals surface area contributed by atoms with Gasteiger partial charge in [-0.3, -0.25) is 0 Å². The highest BCUT2D eigenvalue weighted by molar-refractivity contribution is 9.38. The third kappa shape index (κ3) is 7.46. The predicted molar refractivity (Wildman–Crippen MR) is 163 cm³/mol. The number of hydrogen-bond donors (Lipinski definition) is 0. The average Bonchev–Trinajstić information content (AvgIpc) is 3.54. The maximum absolute atomic E-state index is 5.70. The summed E-state index contributed by atoms with van der Waals surface area (Å²) in [4.78, 5) is 0. The first-order chi connectivity index (χ1) is 17.1. The summed E-state index contributed by atoms with van der Waals surface area (Å²) in [5, 5.41) is 11.1. The summed E-state index contributed by atoms with van der Waals surface area (Å²) < 4.78 is 0.959. The van der Waals surface area contributed by atoms with E-state index in [2.05, 4.69) is 88.3 Å². The number of alkyl halides is 6. The van der Waals surface area contributed by atoms with Gasteiger partial charge in [0, 0.05) is 18.0 Å². The number of halogens is 6. The fourth-order valence-corrected chi connectivity index (χ4v) is 4.16. The quantitative estimate of drug-likeness (QED) is 0.173. The number of benzene rings is 3. The second-order valence-corrected chi connectivity index (χ2v) is 16.4. The molecular weight excluding hydrogens is 714 g/mol. The fraction of sp³-hybridized carbons (Fsp3) is 0.0769. The molecule has 0 aliphatic rings. The van der Waals surface area contributed by atoms with Crippen LogP contribution in [0.5, 0.6) is 0 Å². The standard InChI is InChI=1S/C14H9Br3N2.C12H9Cl3N2/c15-14(16,17)19-8-7-13(18-19)12-6-5-10-3-1-2-4-11(10)9-12;13-12(14,15)17-9-8-11(16-17)7-6-10-4-2-1-3-5-10/h1-9H;1-9H. The van der Waals surface area contributed by atoms with E-state index in [1.807, 2.05) is 66.9 Å². The van der Waals surface area contributed by atoms with Crippen molar-refractivity contribution in [3.63, 3.8) is 0 Å². The highest BCUT2D eigenvalue weighted by atomic mass is 80.0. The molecule has 0 spiro atoms. The Morgan fingerprint density at radius 2 is 1.33 bits per heavy atom. The van der Waals surface area contributed by atoms with Crippen LogP contribution in [0, 0.1) is 0 Å². The molecule has 3 aromatic carbocycles. The Morgan fingerprint density at radius 3 is 1.97 bits per heavy atom. The summed E-state index contributed by atoms with van der Waals surface area (Å²) in [7, 11) is 0. The first-order valence-corrected chi connectivity index (χ1v) is 14.1. The van der Waals surface area contributed by atoms with E-state index >= 15 is 0 Å². The van der Waals surface area contributed by atoms with Gasteiger partial charge in [-0.05, 0) is 88.4 Å². The van der Waals surface area contributed by atoms with Gasteiger partial charge in [-0.15, -0.1) is 0 Å². The molecule has 184 valence electrons. The van der Waals surface area contributed by atoms with Crippen molar-refractivity contribution in [3.05, 3.63) is 109 Å². The minimum atomic E-state index is -1.54. The van der Waals surface area contributed by atoms with E-state index in [4.69, 9.17) is 34.8 Å². The van der Waals surface area contributed by atoms with E-state index in [-0.39, 0.29) is 0 Å². The molecule has 0 bridgehead atoms. The Bertz CT molecular complexity index is 1470. The molecule has 0 aliphatic heterocycles. The molecule has 0 atom stereocenters. The molecule has 10 heteroatoms. The lowest BCUT2D eigenvalue weighted by Gasteiger charge is -2.11. The molecule has 0 unspecified atom stereocenters. The van der Waals surface area contributed by atoms with Crippen LogP contribution in [0.2, 0.25) is 0 Å². The molecule has 5 aromatic rings. The highest BCUT2D eigenvalue weighted by Crippen LogP contribution is 2.39. The first kappa shape index (κ1) is 27.4. The van der Waals surface area contributed by atoms with Gasteiger partial charge in [0.05, 0.1) is 11.4 Å². The van der Waals surface area contributed by atoms with Gasteiger partial charge in [0.15, 0.2) is 0 Å². The van der Waals surface area contributed by atoms with Crippen LogP contribution in [0.3, 0.4) is 0 Å². The summed E-state index contributed by atoms with van der Waals surface area (Å²) in [6, 6.07) is 28.4. The van der Waals surface area contributed by atoms with Gasteiger partial charge in [0.1, 0.15) is 0 Å². The number of nitrogens with zero attached hydrogens (tertiary/aromatic N) is 4. The van der Waals surface area contributed by atoms with E-state index in [0.29, 0.717) is 0 Å². The van der Waals surface area contributed by atoms with E-state index < -0.39 is 6.18 Å². The molecule has 0 saturated carbocycles. The zero-order chi connectivity index (χ0) is 25.8. The molecular formula is C26H18Br3Cl3N4. The molecule has 0 aliphatic carbocycles. The van der Waals surface area contributed by atoms with Crippen molar-refractivity contribution in [2.24, 2.45) is 0 Å². The summed E-state index contributed by atoms with van der Waals surface area (Å²) in [5.74, 6) is 0. The molecule has 2 aromatic heterocycles. The minimum Gasteiger partial charge on any atom is -0.234 e. The molecule has 0 N–H and O–H groups in total. The topological polar surface area (TPSA) is 35.6 Å². The van der Waals surface area contributed by atoms with E-state index in [1.54, 1.807) is 16.9 Å². The van der Waals surface area contributed by atoms with Crippen LogP contribution < -0.4 is 0 Å². The maximum atomic E-state index is 5.70. The third-order valence-electron chi connectivity index (χ3n) is 5.01. The Kier molecular flexibility index (Phi) is 9.02. The minimum absolute atomic E-state index is 0.540. The van der Waals surface area contributed by atoms with Crippen LogP contribution in [0.1, 0.15) is 11.3 Å². The summed E-state index contributed by atoms with van der Waals surface area (Å²) in [5.41, 5.74) is 3.87. The SMILES string of the molecule is BrC(Br)(Br)n1ccc(-c2ccc3ccccc3c2)n1.ClC(Cl)(Cl)n1ccc(C=Cc2ccccc2)n1. The monoisotopic (exact) mass is 728 g/mol. The highest BCUT2D eigenvalue weighted by Gasteiger charge is 2.23. The van der Waals surface area contributed by atoms with Crippen molar-refractivity contribution in [1.82, 2.24) is 19.6 Å².